The van der Waals surface area contributed by atoms with Gasteiger partial charge in [0.05, 0.1) is 24.0 Å². The average molecular weight is 370 g/mol. The van der Waals surface area contributed by atoms with Gasteiger partial charge in [0.1, 0.15) is 0 Å². The Morgan fingerprint density at radius 1 is 1.19 bits per heavy atom. The molecule has 1 amide bonds. The Kier molecular flexibility index (Phi) is 4.58. The average Bonchev–Trinajstić information content (AvgIpc) is 3.04. The lowest BCUT2D eigenvalue weighted by Gasteiger charge is -2.28. The highest BCUT2D eigenvalue weighted by Crippen LogP contribution is 2.30. The van der Waals surface area contributed by atoms with E-state index in [9.17, 15) is 4.79 Å². The molecule has 26 heavy (non-hydrogen) atoms. The number of carbonyl (C=O) groups excluding carboxylic acids is 1. The van der Waals surface area contributed by atoms with E-state index in [2.05, 4.69) is 46.6 Å². The predicted molar refractivity (Wildman–Crippen MR) is 103 cm³/mol. The molecule has 0 spiro atoms. The molecular weight excluding hydrogens is 348 g/mol. The number of morpholine rings is 1. The highest BCUT2D eigenvalue weighted by Gasteiger charge is 2.25. The van der Waals surface area contributed by atoms with Crippen LogP contribution in [0.2, 0.25) is 0 Å². The van der Waals surface area contributed by atoms with Crippen LogP contribution in [0, 0.1) is 13.8 Å². The van der Waals surface area contributed by atoms with Gasteiger partial charge in [-0.25, -0.2) is 0 Å². The van der Waals surface area contributed by atoms with Crippen LogP contribution in [0.15, 0.2) is 29.4 Å². The van der Waals surface area contributed by atoms with Crippen LogP contribution in [0.4, 0.5) is 0 Å². The minimum Gasteiger partial charge on any atom is -0.378 e. The van der Waals surface area contributed by atoms with Crippen LogP contribution >= 0.6 is 11.8 Å². The van der Waals surface area contributed by atoms with E-state index in [0.29, 0.717) is 26.3 Å². The number of thioether (sulfide) groups is 1. The third-order valence-electron chi connectivity index (χ3n) is 4.84. The Morgan fingerprint density at radius 2 is 1.96 bits per heavy atom. The summed E-state index contributed by atoms with van der Waals surface area (Å²) in [5.41, 5.74) is 4.28. The van der Waals surface area contributed by atoms with E-state index in [1.807, 2.05) is 17.9 Å². The number of carbonyl (C=O) groups is 1. The summed E-state index contributed by atoms with van der Waals surface area (Å²) in [6.07, 6.45) is 0. The predicted octanol–water partition coefficient (Wildman–Crippen LogP) is 2.84. The summed E-state index contributed by atoms with van der Waals surface area (Å²) in [6, 6.07) is 8.33. The van der Waals surface area contributed by atoms with Crippen molar-refractivity contribution in [2.24, 2.45) is 0 Å². The quantitative estimate of drug-likeness (QED) is 0.664. The number of amides is 1. The highest BCUT2D eigenvalue weighted by atomic mass is 32.2. The van der Waals surface area contributed by atoms with Gasteiger partial charge in [0.2, 0.25) is 5.91 Å². The van der Waals surface area contributed by atoms with Crippen molar-refractivity contribution >= 4 is 34.2 Å². The molecule has 3 aromatic rings. The summed E-state index contributed by atoms with van der Waals surface area (Å²) in [4.78, 5) is 14.6. The van der Waals surface area contributed by atoms with Crippen molar-refractivity contribution in [3.05, 3.63) is 35.4 Å². The number of nitrogens with zero attached hydrogens (tertiary/aromatic N) is 4. The number of aromatic nitrogens is 3. The van der Waals surface area contributed by atoms with Crippen molar-refractivity contribution in [1.29, 1.82) is 0 Å². The maximum Gasteiger partial charge on any atom is 0.236 e. The van der Waals surface area contributed by atoms with E-state index in [4.69, 9.17) is 4.74 Å². The Labute approximate surface area is 156 Å². The van der Waals surface area contributed by atoms with Crippen molar-refractivity contribution in [2.45, 2.75) is 31.2 Å². The molecule has 1 atom stereocenters. The fraction of sp³-hybridized carbons (Fsp3) is 0.421. The van der Waals surface area contributed by atoms with Gasteiger partial charge in [-0.2, -0.15) is 0 Å². The Bertz CT molecular complexity index is 978. The molecule has 1 saturated heterocycles. The van der Waals surface area contributed by atoms with E-state index in [0.717, 1.165) is 16.3 Å². The van der Waals surface area contributed by atoms with Gasteiger partial charge >= 0.3 is 0 Å². The molecule has 1 fully saturated rings. The number of ether oxygens (including phenoxy) is 1. The Balaban J connectivity index is 1.72. The van der Waals surface area contributed by atoms with Crippen LogP contribution in [0.5, 0.6) is 0 Å². The third kappa shape index (κ3) is 2.95. The topological polar surface area (TPSA) is 59.7 Å². The standard InChI is InChI=1S/C19H22N4O2S/c1-12-5-4-6-15-13(2)11-16-20-21-19(23(16)17(12)15)26-14(3)18(24)22-7-9-25-10-8-22/h4-6,11,14H,7-10H2,1-3H3. The molecule has 3 heterocycles. The number of aryl methyl sites for hydroxylation is 2. The van der Waals surface area contributed by atoms with E-state index >= 15 is 0 Å². The molecule has 0 aliphatic carbocycles. The van der Waals surface area contributed by atoms with Crippen molar-refractivity contribution in [3.63, 3.8) is 0 Å². The number of hydrogen-bond donors (Lipinski definition) is 0. The van der Waals surface area contributed by atoms with Crippen molar-refractivity contribution in [1.82, 2.24) is 19.5 Å². The van der Waals surface area contributed by atoms with Gasteiger partial charge in [0.25, 0.3) is 0 Å². The minimum absolute atomic E-state index is 0.128. The zero-order valence-corrected chi connectivity index (χ0v) is 16.0. The minimum atomic E-state index is -0.221. The summed E-state index contributed by atoms with van der Waals surface area (Å²) in [6.45, 7) is 8.66. The number of rotatable bonds is 3. The fourth-order valence-corrected chi connectivity index (χ4v) is 4.40. The smallest absolute Gasteiger partial charge is 0.236 e. The molecule has 136 valence electrons. The van der Waals surface area contributed by atoms with Crippen molar-refractivity contribution in [3.8, 4) is 0 Å². The summed E-state index contributed by atoms with van der Waals surface area (Å²) in [5, 5.41) is 10.4. The van der Waals surface area contributed by atoms with Crippen LogP contribution in [0.1, 0.15) is 18.1 Å². The first-order chi connectivity index (χ1) is 12.6. The molecule has 2 aromatic heterocycles. The summed E-state index contributed by atoms with van der Waals surface area (Å²) < 4.78 is 7.41. The van der Waals surface area contributed by atoms with Gasteiger partial charge in [0.15, 0.2) is 10.8 Å². The second-order valence-corrected chi connectivity index (χ2v) is 7.98. The van der Waals surface area contributed by atoms with Crippen LogP contribution < -0.4 is 0 Å². The summed E-state index contributed by atoms with van der Waals surface area (Å²) >= 11 is 1.47. The highest BCUT2D eigenvalue weighted by molar-refractivity contribution is 8.00. The maximum absolute atomic E-state index is 12.7. The van der Waals surface area contributed by atoms with Gasteiger partial charge in [-0.15, -0.1) is 10.2 Å². The Hall–Kier alpha value is -2.12. The molecule has 1 unspecified atom stereocenters. The molecule has 1 aliphatic rings. The van der Waals surface area contributed by atoms with Gasteiger partial charge < -0.3 is 9.64 Å². The molecule has 1 aliphatic heterocycles. The molecule has 0 N–H and O–H groups in total. The SMILES string of the molecule is Cc1cc2nnc(SC(C)C(=O)N3CCOCC3)n2c2c(C)cccc12. The lowest BCUT2D eigenvalue weighted by atomic mass is 10.1. The summed E-state index contributed by atoms with van der Waals surface area (Å²) in [5.74, 6) is 0.128. The first-order valence-electron chi connectivity index (χ1n) is 8.83. The van der Waals surface area contributed by atoms with E-state index in [1.54, 1.807) is 0 Å². The molecule has 7 heteroatoms. The number of hydrogen-bond acceptors (Lipinski definition) is 5. The van der Waals surface area contributed by atoms with Gasteiger partial charge in [-0.05, 0) is 38.0 Å². The van der Waals surface area contributed by atoms with Gasteiger partial charge in [-0.1, -0.05) is 30.0 Å². The molecule has 0 radical (unpaired) electrons. The van der Waals surface area contributed by atoms with Gasteiger partial charge in [-0.3, -0.25) is 9.20 Å². The number of fused-ring (bicyclic) bond motifs is 3. The maximum atomic E-state index is 12.7. The summed E-state index contributed by atoms with van der Waals surface area (Å²) in [7, 11) is 0. The van der Waals surface area contributed by atoms with Gasteiger partial charge in [0, 0.05) is 18.5 Å². The monoisotopic (exact) mass is 370 g/mol. The Morgan fingerprint density at radius 3 is 2.73 bits per heavy atom. The number of para-hydroxylation sites is 1. The zero-order valence-electron chi connectivity index (χ0n) is 15.2. The molecule has 0 saturated carbocycles. The first kappa shape index (κ1) is 17.3. The number of pyridine rings is 1. The van der Waals surface area contributed by atoms with E-state index in [1.165, 1.54) is 28.3 Å². The third-order valence-corrected chi connectivity index (χ3v) is 5.87. The second kappa shape index (κ2) is 6.89. The van der Waals surface area contributed by atoms with Crippen LogP contribution in [0.3, 0.4) is 0 Å². The molecule has 1 aromatic carbocycles. The normalized spacial score (nSPS) is 16.3. The zero-order chi connectivity index (χ0) is 18.3. The lowest BCUT2D eigenvalue weighted by molar-refractivity contribution is -0.134. The molecule has 0 bridgehead atoms. The molecular formula is C19H22N4O2S. The van der Waals surface area contributed by atoms with Crippen LogP contribution in [-0.4, -0.2) is 57.0 Å². The fourth-order valence-electron chi connectivity index (χ4n) is 3.46. The second-order valence-electron chi connectivity index (χ2n) is 6.67. The van der Waals surface area contributed by atoms with E-state index < -0.39 is 0 Å². The largest absolute Gasteiger partial charge is 0.378 e. The van der Waals surface area contributed by atoms with Crippen molar-refractivity contribution < 1.29 is 9.53 Å². The van der Waals surface area contributed by atoms with Crippen LogP contribution in [0.25, 0.3) is 16.6 Å². The van der Waals surface area contributed by atoms with Crippen LogP contribution in [-0.2, 0) is 9.53 Å². The molecule has 6 nitrogen and oxygen atoms in total. The van der Waals surface area contributed by atoms with Crippen molar-refractivity contribution in [2.75, 3.05) is 26.3 Å². The molecule has 4 rings (SSSR count). The lowest BCUT2D eigenvalue weighted by Crippen LogP contribution is -2.44. The van der Waals surface area contributed by atoms with E-state index in [-0.39, 0.29) is 11.2 Å². The number of benzene rings is 1. The first-order valence-corrected chi connectivity index (χ1v) is 9.71.